The number of thiazole rings is 1. The molecular formula is C13H15FN6OS. The van der Waals surface area contributed by atoms with Crippen LogP contribution in [0.3, 0.4) is 0 Å². The van der Waals surface area contributed by atoms with Gasteiger partial charge in [-0.3, -0.25) is 0 Å². The predicted octanol–water partition coefficient (Wildman–Crippen LogP) is 1.05. The lowest BCUT2D eigenvalue weighted by molar-refractivity contribution is -0.112. The lowest BCUT2D eigenvalue weighted by Crippen LogP contribution is -2.32. The largest absolute Gasteiger partial charge is 0.370 e. The van der Waals surface area contributed by atoms with Gasteiger partial charge in [-0.15, -0.1) is 11.3 Å². The van der Waals surface area contributed by atoms with E-state index in [2.05, 4.69) is 19.9 Å². The molecule has 2 aromatic rings. The lowest BCUT2D eigenvalue weighted by atomic mass is 10.2. The Hall–Kier alpha value is -2.42. The Bertz CT molecular complexity index is 660. The SMILES string of the molecule is CN(C)C(N)=NC(c1ncc(-c2cncnc2)s1)C(F)C=O. The van der Waals surface area contributed by atoms with Gasteiger partial charge in [-0.05, 0) is 0 Å². The van der Waals surface area contributed by atoms with Crippen molar-refractivity contribution >= 4 is 23.6 Å². The fourth-order valence-corrected chi connectivity index (χ4v) is 2.54. The van der Waals surface area contributed by atoms with E-state index in [0.717, 1.165) is 10.4 Å². The van der Waals surface area contributed by atoms with E-state index in [-0.39, 0.29) is 12.2 Å². The minimum absolute atomic E-state index is 0.120. The van der Waals surface area contributed by atoms with Gasteiger partial charge in [0.1, 0.15) is 17.4 Å². The summed E-state index contributed by atoms with van der Waals surface area (Å²) in [6.45, 7) is 0. The number of hydrogen-bond donors (Lipinski definition) is 1. The van der Waals surface area contributed by atoms with Gasteiger partial charge >= 0.3 is 0 Å². The summed E-state index contributed by atoms with van der Waals surface area (Å²) in [5.74, 6) is 0.120. The van der Waals surface area contributed by atoms with Crippen molar-refractivity contribution < 1.29 is 9.18 Å². The first-order chi connectivity index (χ1) is 10.5. The number of rotatable bonds is 5. The summed E-state index contributed by atoms with van der Waals surface area (Å²) in [7, 11) is 3.36. The van der Waals surface area contributed by atoms with E-state index in [4.69, 9.17) is 5.73 Å². The number of nitrogens with two attached hydrogens (primary N) is 1. The molecule has 0 aliphatic heterocycles. The zero-order chi connectivity index (χ0) is 16.1. The van der Waals surface area contributed by atoms with E-state index < -0.39 is 12.2 Å². The number of carbonyl (C=O) groups is 1. The number of carbonyl (C=O) groups excluding carboxylic acids is 1. The Morgan fingerprint density at radius 2 is 2.09 bits per heavy atom. The van der Waals surface area contributed by atoms with Crippen LogP contribution in [0, 0.1) is 0 Å². The van der Waals surface area contributed by atoms with Crippen LogP contribution in [0.4, 0.5) is 4.39 Å². The van der Waals surface area contributed by atoms with Gasteiger partial charge in [0.15, 0.2) is 18.4 Å². The first-order valence-corrected chi connectivity index (χ1v) is 7.15. The average molecular weight is 322 g/mol. The van der Waals surface area contributed by atoms with E-state index in [0.29, 0.717) is 5.01 Å². The number of nitrogens with zero attached hydrogens (tertiary/aromatic N) is 5. The molecule has 0 amide bonds. The van der Waals surface area contributed by atoms with Crippen molar-refractivity contribution in [2.75, 3.05) is 14.1 Å². The molecule has 2 N–H and O–H groups in total. The number of alkyl halides is 1. The van der Waals surface area contributed by atoms with Crippen molar-refractivity contribution in [2.45, 2.75) is 12.2 Å². The van der Waals surface area contributed by atoms with Gasteiger partial charge in [0, 0.05) is 38.2 Å². The third kappa shape index (κ3) is 3.61. The van der Waals surface area contributed by atoms with E-state index in [1.54, 1.807) is 32.7 Å². The highest BCUT2D eigenvalue weighted by molar-refractivity contribution is 7.15. The van der Waals surface area contributed by atoms with Crippen LogP contribution in [0.1, 0.15) is 11.0 Å². The second-order valence-electron chi connectivity index (χ2n) is 4.60. The standard InChI is InChI=1S/C13H15FN6OS/c1-20(2)13(15)19-11(9(14)6-21)12-18-5-10(22-12)8-3-16-7-17-4-8/h3-7,9,11H,1-2H3,(H2,15,19). The summed E-state index contributed by atoms with van der Waals surface area (Å²) in [6.07, 6.45) is 4.63. The zero-order valence-electron chi connectivity index (χ0n) is 12.0. The van der Waals surface area contributed by atoms with E-state index >= 15 is 0 Å². The van der Waals surface area contributed by atoms with E-state index in [1.165, 1.54) is 22.6 Å². The summed E-state index contributed by atoms with van der Waals surface area (Å²) >= 11 is 1.22. The predicted molar refractivity (Wildman–Crippen MR) is 82.2 cm³/mol. The lowest BCUT2D eigenvalue weighted by Gasteiger charge is -2.15. The molecule has 22 heavy (non-hydrogen) atoms. The monoisotopic (exact) mass is 322 g/mol. The Kier molecular flexibility index (Phi) is 5.10. The Balaban J connectivity index is 2.35. The van der Waals surface area contributed by atoms with Crippen LogP contribution in [0.2, 0.25) is 0 Å². The third-order valence-electron chi connectivity index (χ3n) is 2.78. The highest BCUT2D eigenvalue weighted by Gasteiger charge is 2.26. The van der Waals surface area contributed by atoms with Crippen molar-refractivity contribution in [1.29, 1.82) is 0 Å². The van der Waals surface area contributed by atoms with Crippen LogP contribution in [0.5, 0.6) is 0 Å². The molecule has 0 aromatic carbocycles. The molecule has 2 unspecified atom stereocenters. The molecule has 0 saturated heterocycles. The molecule has 0 spiro atoms. The van der Waals surface area contributed by atoms with E-state index in [9.17, 15) is 9.18 Å². The van der Waals surface area contributed by atoms with Crippen LogP contribution in [-0.2, 0) is 4.79 Å². The topological polar surface area (TPSA) is 97.4 Å². The van der Waals surface area contributed by atoms with Gasteiger partial charge in [-0.25, -0.2) is 24.3 Å². The number of aldehydes is 1. The number of aliphatic imine (C=N–C) groups is 1. The maximum atomic E-state index is 13.9. The maximum Gasteiger partial charge on any atom is 0.191 e. The van der Waals surface area contributed by atoms with Crippen LogP contribution in [0.15, 0.2) is 29.9 Å². The normalized spacial score (nSPS) is 14.4. The molecule has 0 radical (unpaired) electrons. The molecule has 0 aliphatic rings. The van der Waals surface area contributed by atoms with Gasteiger partial charge < -0.3 is 15.4 Å². The summed E-state index contributed by atoms with van der Waals surface area (Å²) in [5, 5.41) is 0.364. The summed E-state index contributed by atoms with van der Waals surface area (Å²) in [6, 6.07) is -1.07. The van der Waals surface area contributed by atoms with E-state index in [1.807, 2.05) is 0 Å². The van der Waals surface area contributed by atoms with Gasteiger partial charge in [-0.1, -0.05) is 0 Å². The van der Waals surface area contributed by atoms with Crippen LogP contribution < -0.4 is 5.73 Å². The van der Waals surface area contributed by atoms with Crippen LogP contribution in [0.25, 0.3) is 10.4 Å². The molecular weight excluding hydrogens is 307 g/mol. The molecule has 0 bridgehead atoms. The van der Waals surface area contributed by atoms with Crippen LogP contribution in [-0.4, -0.2) is 52.4 Å². The van der Waals surface area contributed by atoms with Gasteiger partial charge in [0.05, 0.1) is 4.88 Å². The summed E-state index contributed by atoms with van der Waals surface area (Å²) < 4.78 is 13.9. The molecule has 0 fully saturated rings. The Morgan fingerprint density at radius 1 is 1.41 bits per heavy atom. The molecule has 0 saturated carbocycles. The second-order valence-corrected chi connectivity index (χ2v) is 5.66. The zero-order valence-corrected chi connectivity index (χ0v) is 12.9. The maximum absolute atomic E-state index is 13.9. The molecule has 2 aromatic heterocycles. The van der Waals surface area contributed by atoms with Crippen molar-refractivity contribution in [3.05, 3.63) is 29.9 Å². The summed E-state index contributed by atoms with van der Waals surface area (Å²) in [5.41, 5.74) is 6.48. The molecule has 2 heterocycles. The molecule has 2 atom stereocenters. The molecule has 116 valence electrons. The first-order valence-electron chi connectivity index (χ1n) is 6.34. The molecule has 7 nitrogen and oxygen atoms in total. The number of halogens is 1. The van der Waals surface area contributed by atoms with Crippen molar-refractivity contribution in [2.24, 2.45) is 10.7 Å². The van der Waals surface area contributed by atoms with Gasteiger partial charge in [-0.2, -0.15) is 0 Å². The smallest absolute Gasteiger partial charge is 0.191 e. The highest BCUT2D eigenvalue weighted by atomic mass is 32.1. The minimum Gasteiger partial charge on any atom is -0.370 e. The molecule has 9 heteroatoms. The fourth-order valence-electron chi connectivity index (χ4n) is 1.58. The number of aromatic nitrogens is 3. The molecule has 0 aliphatic carbocycles. The number of guanidine groups is 1. The van der Waals surface area contributed by atoms with Crippen molar-refractivity contribution in [3.63, 3.8) is 0 Å². The first kappa shape index (κ1) is 16.0. The number of hydrogen-bond acceptors (Lipinski definition) is 6. The van der Waals surface area contributed by atoms with Gasteiger partial charge in [0.2, 0.25) is 0 Å². The van der Waals surface area contributed by atoms with Crippen molar-refractivity contribution in [1.82, 2.24) is 19.9 Å². The minimum atomic E-state index is -1.82. The van der Waals surface area contributed by atoms with Gasteiger partial charge in [0.25, 0.3) is 0 Å². The molecule has 2 rings (SSSR count). The Labute approximate surface area is 130 Å². The third-order valence-corrected chi connectivity index (χ3v) is 3.90. The Morgan fingerprint density at radius 3 is 2.68 bits per heavy atom. The summed E-state index contributed by atoms with van der Waals surface area (Å²) in [4.78, 5) is 29.2. The van der Waals surface area contributed by atoms with Crippen molar-refractivity contribution in [3.8, 4) is 10.4 Å². The second kappa shape index (κ2) is 7.03. The average Bonchev–Trinajstić information content (AvgIpc) is 3.02. The van der Waals surface area contributed by atoms with Crippen LogP contribution >= 0.6 is 11.3 Å². The fraction of sp³-hybridized carbons (Fsp3) is 0.308. The highest BCUT2D eigenvalue weighted by Crippen LogP contribution is 2.32. The quantitative estimate of drug-likeness (QED) is 0.502.